The van der Waals surface area contributed by atoms with Crippen molar-refractivity contribution in [3.05, 3.63) is 23.0 Å². The van der Waals surface area contributed by atoms with Crippen LogP contribution in [0.15, 0.2) is 17.0 Å². The van der Waals surface area contributed by atoms with E-state index in [0.717, 1.165) is 16.4 Å². The number of benzene rings is 1. The zero-order chi connectivity index (χ0) is 16.0. The minimum absolute atomic E-state index is 0.00687. The van der Waals surface area contributed by atoms with E-state index >= 15 is 0 Å². The van der Waals surface area contributed by atoms with E-state index in [0.29, 0.717) is 0 Å². The number of halogens is 2. The van der Waals surface area contributed by atoms with E-state index in [1.807, 2.05) is 0 Å². The molecule has 0 saturated carbocycles. The quantitative estimate of drug-likeness (QED) is 0.810. The van der Waals surface area contributed by atoms with Crippen LogP contribution in [0.1, 0.15) is 6.42 Å². The van der Waals surface area contributed by atoms with Gasteiger partial charge in [-0.2, -0.15) is 4.31 Å². The maximum absolute atomic E-state index is 14.0. The molecule has 10 heteroatoms. The highest BCUT2D eigenvalue weighted by atomic mass is 35.5. The van der Waals surface area contributed by atoms with Crippen molar-refractivity contribution in [3.63, 3.8) is 0 Å². The van der Waals surface area contributed by atoms with Crippen molar-refractivity contribution in [1.29, 1.82) is 0 Å². The number of hydrogen-bond acceptors (Lipinski definition) is 5. The predicted octanol–water partition coefficient (Wildman–Crippen LogP) is 0.869. The normalized spacial score (nSPS) is 21.8. The van der Waals surface area contributed by atoms with Gasteiger partial charge in [-0.05, 0) is 18.6 Å². The highest BCUT2D eigenvalue weighted by Gasteiger charge is 2.37. The first-order valence-corrected chi connectivity index (χ1v) is 9.61. The van der Waals surface area contributed by atoms with Crippen LogP contribution in [0.3, 0.4) is 0 Å². The number of hydrogen-bond donors (Lipinski definition) is 1. The van der Waals surface area contributed by atoms with Crippen LogP contribution in [0.4, 0.5) is 10.1 Å². The van der Waals surface area contributed by atoms with Crippen LogP contribution < -0.4 is 5.73 Å². The van der Waals surface area contributed by atoms with Gasteiger partial charge < -0.3 is 5.73 Å². The Balaban J connectivity index is 2.43. The molecular formula is C11H14ClFN2O4S2. The molecular weight excluding hydrogens is 343 g/mol. The van der Waals surface area contributed by atoms with E-state index < -0.39 is 41.6 Å². The van der Waals surface area contributed by atoms with Gasteiger partial charge in [-0.1, -0.05) is 11.6 Å². The number of rotatable bonds is 3. The SMILES string of the molecule is CN(C1CCS(=O)(=O)C1)S(=O)(=O)c1cc(N)cc(Cl)c1F. The van der Waals surface area contributed by atoms with Gasteiger partial charge in [0.25, 0.3) is 0 Å². The molecule has 1 unspecified atom stereocenters. The highest BCUT2D eigenvalue weighted by molar-refractivity contribution is 7.92. The molecule has 1 heterocycles. The Bertz CT molecular complexity index is 780. The van der Waals surface area contributed by atoms with Crippen molar-refractivity contribution < 1.29 is 21.2 Å². The highest BCUT2D eigenvalue weighted by Crippen LogP contribution is 2.30. The zero-order valence-corrected chi connectivity index (χ0v) is 13.5. The summed E-state index contributed by atoms with van der Waals surface area (Å²) in [6.07, 6.45) is 0.176. The lowest BCUT2D eigenvalue weighted by Gasteiger charge is -2.23. The number of nitrogens with two attached hydrogens (primary N) is 1. The molecule has 1 saturated heterocycles. The van der Waals surface area contributed by atoms with Crippen LogP contribution in [0.25, 0.3) is 0 Å². The molecule has 0 amide bonds. The predicted molar refractivity (Wildman–Crippen MR) is 77.8 cm³/mol. The fourth-order valence-electron chi connectivity index (χ4n) is 2.19. The molecule has 2 N–H and O–H groups in total. The molecule has 0 radical (unpaired) electrons. The van der Waals surface area contributed by atoms with Crippen molar-refractivity contribution in [2.45, 2.75) is 17.4 Å². The Morgan fingerprint density at radius 3 is 2.57 bits per heavy atom. The van der Waals surface area contributed by atoms with Crippen molar-refractivity contribution in [2.24, 2.45) is 0 Å². The van der Waals surface area contributed by atoms with E-state index in [2.05, 4.69) is 0 Å². The van der Waals surface area contributed by atoms with Gasteiger partial charge in [0.1, 0.15) is 4.90 Å². The Labute approximate surface area is 127 Å². The van der Waals surface area contributed by atoms with Gasteiger partial charge in [0, 0.05) is 18.8 Å². The first-order valence-electron chi connectivity index (χ1n) is 5.97. The van der Waals surface area contributed by atoms with Gasteiger partial charge >= 0.3 is 0 Å². The standard InChI is InChI=1S/C11H14ClFN2O4S2/c1-15(8-2-3-20(16,17)6-8)21(18,19)10-5-7(14)4-9(12)11(10)13/h4-5,8H,2-3,6,14H2,1H3. The monoisotopic (exact) mass is 356 g/mol. The van der Waals surface area contributed by atoms with Crippen molar-refractivity contribution in [3.8, 4) is 0 Å². The van der Waals surface area contributed by atoms with Gasteiger partial charge in [0.05, 0.1) is 16.5 Å². The zero-order valence-electron chi connectivity index (χ0n) is 11.1. The second-order valence-corrected chi connectivity index (χ2v) is 9.49. The molecule has 6 nitrogen and oxygen atoms in total. The average molecular weight is 357 g/mol. The van der Waals surface area contributed by atoms with E-state index in [1.54, 1.807) is 0 Å². The summed E-state index contributed by atoms with van der Waals surface area (Å²) < 4.78 is 62.6. The largest absolute Gasteiger partial charge is 0.399 e. The maximum atomic E-state index is 14.0. The molecule has 2 rings (SSSR count). The van der Waals surface area contributed by atoms with Gasteiger partial charge in [-0.25, -0.2) is 21.2 Å². The van der Waals surface area contributed by atoms with E-state index in [-0.39, 0.29) is 23.6 Å². The third kappa shape index (κ3) is 3.15. The average Bonchev–Trinajstić information content (AvgIpc) is 2.73. The van der Waals surface area contributed by atoms with Crippen LogP contribution in [-0.4, -0.2) is 45.7 Å². The second kappa shape index (κ2) is 5.38. The number of sulfonamides is 1. The molecule has 1 atom stereocenters. The van der Waals surface area contributed by atoms with Crippen LogP contribution >= 0.6 is 11.6 Å². The van der Waals surface area contributed by atoms with Crippen LogP contribution in [0.2, 0.25) is 5.02 Å². The first kappa shape index (κ1) is 16.5. The number of sulfone groups is 1. The molecule has 118 valence electrons. The van der Waals surface area contributed by atoms with Crippen LogP contribution in [0, 0.1) is 5.82 Å². The van der Waals surface area contributed by atoms with E-state index in [9.17, 15) is 21.2 Å². The summed E-state index contributed by atoms with van der Waals surface area (Å²) in [6.45, 7) is 0. The lowest BCUT2D eigenvalue weighted by Crippen LogP contribution is -2.38. The Hall–Kier alpha value is -0.900. The third-order valence-electron chi connectivity index (χ3n) is 3.40. The molecule has 1 aromatic rings. The second-order valence-electron chi connectivity index (χ2n) is 4.89. The summed E-state index contributed by atoms with van der Waals surface area (Å²) in [7, 11) is -6.26. The number of nitrogens with zero attached hydrogens (tertiary/aromatic N) is 1. The summed E-state index contributed by atoms with van der Waals surface area (Å²) in [5, 5.41) is -0.402. The van der Waals surface area contributed by atoms with Crippen LogP contribution in [0.5, 0.6) is 0 Å². The minimum atomic E-state index is -4.22. The lowest BCUT2D eigenvalue weighted by molar-refractivity contribution is 0.391. The smallest absolute Gasteiger partial charge is 0.246 e. The molecule has 1 aliphatic heterocycles. The Morgan fingerprint density at radius 2 is 2.05 bits per heavy atom. The minimum Gasteiger partial charge on any atom is -0.399 e. The summed E-state index contributed by atoms with van der Waals surface area (Å²) >= 11 is 5.60. The molecule has 0 aromatic heterocycles. The fourth-order valence-corrected chi connectivity index (χ4v) is 5.84. The summed E-state index contributed by atoms with van der Waals surface area (Å²) in [5.74, 6) is -1.46. The molecule has 1 aromatic carbocycles. The Kier molecular flexibility index (Phi) is 4.22. The van der Waals surface area contributed by atoms with Gasteiger partial charge in [-0.3, -0.25) is 0 Å². The first-order chi connectivity index (χ1) is 9.54. The molecule has 0 bridgehead atoms. The van der Waals surface area contributed by atoms with Gasteiger partial charge in [0.2, 0.25) is 10.0 Å². The van der Waals surface area contributed by atoms with Crippen molar-refractivity contribution >= 4 is 37.1 Å². The maximum Gasteiger partial charge on any atom is 0.246 e. The number of nitrogen functional groups attached to an aromatic ring is 1. The molecule has 1 aliphatic rings. The third-order valence-corrected chi connectivity index (χ3v) is 7.33. The molecule has 0 aliphatic carbocycles. The number of anilines is 1. The van der Waals surface area contributed by atoms with E-state index in [4.69, 9.17) is 17.3 Å². The van der Waals surface area contributed by atoms with E-state index in [1.165, 1.54) is 7.05 Å². The molecule has 21 heavy (non-hydrogen) atoms. The van der Waals surface area contributed by atoms with Gasteiger partial charge in [0.15, 0.2) is 15.7 Å². The lowest BCUT2D eigenvalue weighted by atomic mass is 10.3. The van der Waals surface area contributed by atoms with Crippen molar-refractivity contribution in [2.75, 3.05) is 24.3 Å². The molecule has 0 spiro atoms. The topological polar surface area (TPSA) is 97.5 Å². The summed E-state index contributed by atoms with van der Waals surface area (Å²) in [4.78, 5) is -0.653. The van der Waals surface area contributed by atoms with Crippen LogP contribution in [-0.2, 0) is 19.9 Å². The summed E-state index contributed by atoms with van der Waals surface area (Å²) in [6, 6.07) is 1.35. The van der Waals surface area contributed by atoms with Gasteiger partial charge in [-0.15, -0.1) is 0 Å². The fraction of sp³-hybridized carbons (Fsp3) is 0.455. The van der Waals surface area contributed by atoms with Crippen molar-refractivity contribution in [1.82, 2.24) is 4.31 Å². The summed E-state index contributed by atoms with van der Waals surface area (Å²) in [5.41, 5.74) is 5.50. The Morgan fingerprint density at radius 1 is 1.43 bits per heavy atom. The molecule has 1 fully saturated rings.